The van der Waals surface area contributed by atoms with Crippen LogP contribution in [0.1, 0.15) is 44.6 Å². The molecule has 1 aromatic rings. The zero-order valence-electron chi connectivity index (χ0n) is 10.2. The van der Waals surface area contributed by atoms with Crippen molar-refractivity contribution in [2.75, 3.05) is 0 Å². The maximum Gasteiger partial charge on any atom is 0.118 e. The van der Waals surface area contributed by atoms with Gasteiger partial charge in [0.25, 0.3) is 0 Å². The number of hydrogen-bond acceptors (Lipinski definition) is 1. The van der Waals surface area contributed by atoms with Crippen LogP contribution in [-0.4, -0.2) is 5.11 Å². The molecule has 16 heavy (non-hydrogen) atoms. The maximum absolute atomic E-state index is 9.76. The minimum atomic E-state index is 0.463. The molecule has 1 N–H and O–H groups in total. The first-order valence-corrected chi connectivity index (χ1v) is 6.54. The largest absolute Gasteiger partial charge is 0.508 e. The second-order valence-corrected chi connectivity index (χ2v) is 5.21. The Hall–Kier alpha value is -0.980. The molecule has 0 amide bonds. The van der Waals surface area contributed by atoms with Crippen molar-refractivity contribution < 1.29 is 5.11 Å². The monoisotopic (exact) mass is 218 g/mol. The third kappa shape index (κ3) is 2.78. The van der Waals surface area contributed by atoms with E-state index in [9.17, 15) is 5.11 Å². The van der Waals surface area contributed by atoms with E-state index in [2.05, 4.69) is 13.0 Å². The summed E-state index contributed by atoms with van der Waals surface area (Å²) < 4.78 is 0. The Bertz CT molecular complexity index is 326. The fourth-order valence-electron chi connectivity index (χ4n) is 2.90. The lowest BCUT2D eigenvalue weighted by atomic mass is 9.78. The average molecular weight is 218 g/mol. The Morgan fingerprint density at radius 3 is 2.56 bits per heavy atom. The predicted molar refractivity (Wildman–Crippen MR) is 67.5 cm³/mol. The van der Waals surface area contributed by atoms with Gasteiger partial charge in [-0.25, -0.2) is 0 Å². The van der Waals surface area contributed by atoms with E-state index in [0.29, 0.717) is 11.7 Å². The van der Waals surface area contributed by atoms with Crippen LogP contribution in [0, 0.1) is 11.8 Å². The molecular formula is C15H22O. The van der Waals surface area contributed by atoms with E-state index < -0.39 is 0 Å². The molecule has 1 unspecified atom stereocenters. The van der Waals surface area contributed by atoms with Crippen molar-refractivity contribution in [1.82, 2.24) is 0 Å². The van der Waals surface area contributed by atoms with Gasteiger partial charge in [-0.05, 0) is 29.9 Å². The highest BCUT2D eigenvalue weighted by Crippen LogP contribution is 2.32. The van der Waals surface area contributed by atoms with Crippen LogP contribution >= 0.6 is 0 Å². The summed E-state index contributed by atoms with van der Waals surface area (Å²) in [5.74, 6) is 2.03. The van der Waals surface area contributed by atoms with Crippen molar-refractivity contribution in [3.63, 3.8) is 0 Å². The Morgan fingerprint density at radius 1 is 1.19 bits per heavy atom. The van der Waals surface area contributed by atoms with Gasteiger partial charge in [0.2, 0.25) is 0 Å². The Balaban J connectivity index is 1.96. The lowest BCUT2D eigenvalue weighted by Gasteiger charge is -2.27. The van der Waals surface area contributed by atoms with Crippen LogP contribution in [-0.2, 0) is 6.42 Å². The zero-order chi connectivity index (χ0) is 11.4. The summed E-state index contributed by atoms with van der Waals surface area (Å²) in [6.07, 6.45) is 8.01. The first-order chi connectivity index (χ1) is 7.77. The number of para-hydroxylation sites is 1. The molecule has 1 heteroatoms. The zero-order valence-corrected chi connectivity index (χ0v) is 10.2. The molecule has 0 saturated heterocycles. The molecule has 1 saturated carbocycles. The fraction of sp³-hybridized carbons (Fsp3) is 0.600. The summed E-state index contributed by atoms with van der Waals surface area (Å²) in [4.78, 5) is 0. The van der Waals surface area contributed by atoms with Gasteiger partial charge in [0.05, 0.1) is 0 Å². The van der Waals surface area contributed by atoms with Crippen LogP contribution in [0.15, 0.2) is 24.3 Å². The molecular weight excluding hydrogens is 196 g/mol. The molecule has 0 heterocycles. The van der Waals surface area contributed by atoms with Gasteiger partial charge in [0.1, 0.15) is 5.75 Å². The highest BCUT2D eigenvalue weighted by molar-refractivity contribution is 5.32. The van der Waals surface area contributed by atoms with Gasteiger partial charge in [0.15, 0.2) is 0 Å². The van der Waals surface area contributed by atoms with Gasteiger partial charge < -0.3 is 5.11 Å². The van der Waals surface area contributed by atoms with Crippen LogP contribution < -0.4 is 0 Å². The summed E-state index contributed by atoms with van der Waals surface area (Å²) in [5, 5.41) is 9.76. The van der Waals surface area contributed by atoms with Crippen LogP contribution in [0.25, 0.3) is 0 Å². The van der Waals surface area contributed by atoms with Crippen molar-refractivity contribution in [3.8, 4) is 5.75 Å². The highest BCUT2D eigenvalue weighted by atomic mass is 16.3. The highest BCUT2D eigenvalue weighted by Gasteiger charge is 2.20. The number of phenols is 1. The molecule has 0 radical (unpaired) electrons. The van der Waals surface area contributed by atoms with Crippen molar-refractivity contribution >= 4 is 0 Å². The number of rotatable bonds is 3. The lowest BCUT2D eigenvalue weighted by molar-refractivity contribution is 0.261. The van der Waals surface area contributed by atoms with Crippen molar-refractivity contribution in [1.29, 1.82) is 0 Å². The first-order valence-electron chi connectivity index (χ1n) is 6.54. The topological polar surface area (TPSA) is 20.2 Å². The third-order valence-corrected chi connectivity index (χ3v) is 3.99. The average Bonchev–Trinajstić information content (AvgIpc) is 2.33. The summed E-state index contributed by atoms with van der Waals surface area (Å²) in [5.41, 5.74) is 1.11. The van der Waals surface area contributed by atoms with Gasteiger partial charge in [0, 0.05) is 0 Å². The van der Waals surface area contributed by atoms with E-state index in [4.69, 9.17) is 0 Å². The second-order valence-electron chi connectivity index (χ2n) is 5.21. The Morgan fingerprint density at radius 2 is 1.88 bits per heavy atom. The minimum Gasteiger partial charge on any atom is -0.508 e. The van der Waals surface area contributed by atoms with Crippen LogP contribution in [0.4, 0.5) is 0 Å². The minimum absolute atomic E-state index is 0.463. The number of hydrogen-bond donors (Lipinski definition) is 1. The van der Waals surface area contributed by atoms with E-state index in [0.717, 1.165) is 17.9 Å². The molecule has 1 atom stereocenters. The van der Waals surface area contributed by atoms with E-state index in [1.807, 2.05) is 12.1 Å². The summed E-state index contributed by atoms with van der Waals surface area (Å²) in [7, 11) is 0. The summed E-state index contributed by atoms with van der Waals surface area (Å²) >= 11 is 0. The predicted octanol–water partition coefficient (Wildman–Crippen LogP) is 4.15. The standard InChI is InChI=1S/C15H22O/c1-12(13-7-3-2-4-8-13)11-14-9-5-6-10-15(14)16/h5-6,9-10,12-13,16H,2-4,7-8,11H2,1H3. The Labute approximate surface area is 98.5 Å². The van der Waals surface area contributed by atoms with Crippen molar-refractivity contribution in [2.24, 2.45) is 11.8 Å². The first kappa shape index (κ1) is 11.5. The number of benzene rings is 1. The van der Waals surface area contributed by atoms with Gasteiger partial charge in [-0.3, -0.25) is 0 Å². The molecule has 1 aromatic carbocycles. The SMILES string of the molecule is CC(Cc1ccccc1O)C1CCCCC1. The van der Waals surface area contributed by atoms with Gasteiger partial charge >= 0.3 is 0 Å². The molecule has 0 aliphatic heterocycles. The Kier molecular flexibility index (Phi) is 3.87. The third-order valence-electron chi connectivity index (χ3n) is 3.99. The fourth-order valence-corrected chi connectivity index (χ4v) is 2.90. The number of aromatic hydroxyl groups is 1. The van der Waals surface area contributed by atoms with Gasteiger partial charge in [-0.1, -0.05) is 57.2 Å². The molecule has 0 bridgehead atoms. The van der Waals surface area contributed by atoms with E-state index in [1.165, 1.54) is 32.1 Å². The van der Waals surface area contributed by atoms with Gasteiger partial charge in [-0.15, -0.1) is 0 Å². The summed E-state index contributed by atoms with van der Waals surface area (Å²) in [6, 6.07) is 7.75. The molecule has 1 aliphatic carbocycles. The molecule has 0 spiro atoms. The van der Waals surface area contributed by atoms with Crippen LogP contribution in [0.2, 0.25) is 0 Å². The summed E-state index contributed by atoms with van der Waals surface area (Å²) in [6.45, 7) is 2.34. The molecule has 88 valence electrons. The van der Waals surface area contributed by atoms with E-state index in [1.54, 1.807) is 6.07 Å². The molecule has 1 nitrogen and oxygen atoms in total. The normalized spacial score (nSPS) is 19.6. The van der Waals surface area contributed by atoms with Crippen molar-refractivity contribution in [2.45, 2.75) is 45.4 Å². The number of phenolic OH excluding ortho intramolecular Hbond substituents is 1. The second kappa shape index (κ2) is 5.38. The lowest BCUT2D eigenvalue weighted by Crippen LogP contribution is -2.17. The van der Waals surface area contributed by atoms with Crippen LogP contribution in [0.3, 0.4) is 0 Å². The van der Waals surface area contributed by atoms with E-state index in [-0.39, 0.29) is 0 Å². The molecule has 2 rings (SSSR count). The smallest absolute Gasteiger partial charge is 0.118 e. The van der Waals surface area contributed by atoms with Gasteiger partial charge in [-0.2, -0.15) is 0 Å². The molecule has 0 aromatic heterocycles. The maximum atomic E-state index is 9.76. The molecule has 1 fully saturated rings. The van der Waals surface area contributed by atoms with Crippen LogP contribution in [0.5, 0.6) is 5.75 Å². The quantitative estimate of drug-likeness (QED) is 0.808. The van der Waals surface area contributed by atoms with Crippen molar-refractivity contribution in [3.05, 3.63) is 29.8 Å². The molecule has 1 aliphatic rings. The van der Waals surface area contributed by atoms with E-state index >= 15 is 0 Å².